The Labute approximate surface area is 169 Å². The largest absolute Gasteiger partial charge is 0.360 e. The number of methoxy groups -OCH3 is 1. The number of benzene rings is 3. The monoisotopic (exact) mass is 380 g/mol. The smallest absolute Gasteiger partial charge is 0.244 e. The van der Waals surface area contributed by atoms with Crippen LogP contribution in [0.25, 0.3) is 32.9 Å². The average molecular weight is 380 g/mol. The lowest BCUT2D eigenvalue weighted by molar-refractivity contribution is -0.678. The molecule has 4 aromatic rings. The molecule has 3 aromatic carbocycles. The van der Waals surface area contributed by atoms with Gasteiger partial charge in [0.2, 0.25) is 23.0 Å². The number of nitrogens with zero attached hydrogens (tertiary/aromatic N) is 1. The predicted octanol–water partition coefficient (Wildman–Crippen LogP) is 4.57. The molecule has 0 spiro atoms. The molecule has 0 amide bonds. The van der Waals surface area contributed by atoms with Crippen LogP contribution in [0.3, 0.4) is 0 Å². The van der Waals surface area contributed by atoms with Crippen molar-refractivity contribution in [1.82, 2.24) is 0 Å². The standard InChI is InChI=1S/C26H22NO2/c1-25(2)17-9-6-8-14-11-12-16-21(20(14)17)23-18(25)13-15-7-4-5-10-19(15)27(23)24-22(16)26(24,28)29-3/h4-13,22,24,28H,1-3H3/q+1. The summed E-state index contributed by atoms with van der Waals surface area (Å²) in [7, 11) is 1.63. The van der Waals surface area contributed by atoms with E-state index in [4.69, 9.17) is 4.74 Å². The molecule has 3 atom stereocenters. The van der Waals surface area contributed by atoms with Crippen molar-refractivity contribution in [1.29, 1.82) is 0 Å². The van der Waals surface area contributed by atoms with E-state index < -0.39 is 5.79 Å². The number of ether oxygens (including phenoxy) is 1. The highest BCUT2D eigenvalue weighted by Crippen LogP contribution is 2.66. The first-order valence-electron chi connectivity index (χ1n) is 10.3. The molecule has 1 aliphatic heterocycles. The SMILES string of the molecule is COC1(O)C2c3ccc4cccc5c4c3-c3c(cc4ccccc4[n+]3C21)C5(C)C. The number of aliphatic hydroxyl groups is 1. The third-order valence-corrected chi connectivity index (χ3v) is 7.67. The van der Waals surface area contributed by atoms with E-state index in [1.165, 1.54) is 44.1 Å². The summed E-state index contributed by atoms with van der Waals surface area (Å²) in [6.07, 6.45) is 0. The molecule has 0 bridgehead atoms. The number of hydrogen-bond donors (Lipinski definition) is 1. The lowest BCUT2D eigenvalue weighted by Gasteiger charge is -2.35. The second-order valence-electron chi connectivity index (χ2n) is 9.27. The van der Waals surface area contributed by atoms with Gasteiger partial charge in [-0.1, -0.05) is 56.3 Å². The van der Waals surface area contributed by atoms with Gasteiger partial charge in [-0.15, -0.1) is 0 Å². The van der Waals surface area contributed by atoms with E-state index in [2.05, 4.69) is 79.1 Å². The minimum atomic E-state index is -1.16. The van der Waals surface area contributed by atoms with Gasteiger partial charge in [0.1, 0.15) is 5.92 Å². The molecule has 142 valence electrons. The lowest BCUT2D eigenvalue weighted by Crippen LogP contribution is -2.45. The van der Waals surface area contributed by atoms with Crippen LogP contribution in [0.2, 0.25) is 0 Å². The Hall–Kier alpha value is -2.75. The van der Waals surface area contributed by atoms with E-state index in [0.29, 0.717) is 0 Å². The number of pyridine rings is 1. The second kappa shape index (κ2) is 4.69. The van der Waals surface area contributed by atoms with Gasteiger partial charge in [0, 0.05) is 29.5 Å². The van der Waals surface area contributed by atoms with Crippen LogP contribution in [0.15, 0.2) is 60.7 Å². The molecule has 3 nitrogen and oxygen atoms in total. The van der Waals surface area contributed by atoms with Gasteiger partial charge in [-0.25, -0.2) is 0 Å². The molecular weight excluding hydrogens is 358 g/mol. The number of para-hydroxylation sites is 1. The molecular formula is C26H22NO2+. The van der Waals surface area contributed by atoms with Crippen LogP contribution in [0.5, 0.6) is 0 Å². The molecule has 2 heterocycles. The zero-order valence-electron chi connectivity index (χ0n) is 16.7. The minimum Gasteiger partial charge on any atom is -0.360 e. The Morgan fingerprint density at radius 2 is 1.72 bits per heavy atom. The molecule has 3 unspecified atom stereocenters. The molecule has 3 aliphatic rings. The Balaban J connectivity index is 1.79. The van der Waals surface area contributed by atoms with Crippen molar-refractivity contribution < 1.29 is 14.4 Å². The van der Waals surface area contributed by atoms with Gasteiger partial charge < -0.3 is 9.84 Å². The second-order valence-corrected chi connectivity index (χ2v) is 9.27. The zero-order chi connectivity index (χ0) is 19.7. The normalized spacial score (nSPS) is 27.2. The van der Waals surface area contributed by atoms with E-state index >= 15 is 0 Å². The maximum absolute atomic E-state index is 11.4. The summed E-state index contributed by atoms with van der Waals surface area (Å²) in [4.78, 5) is 0. The highest BCUT2D eigenvalue weighted by atomic mass is 16.6. The van der Waals surface area contributed by atoms with Crippen molar-refractivity contribution in [3.05, 3.63) is 77.4 Å². The van der Waals surface area contributed by atoms with Gasteiger partial charge in [-0.3, -0.25) is 0 Å². The van der Waals surface area contributed by atoms with E-state index in [-0.39, 0.29) is 17.4 Å². The summed E-state index contributed by atoms with van der Waals surface area (Å²) in [5.74, 6) is -1.21. The molecule has 0 saturated heterocycles. The van der Waals surface area contributed by atoms with E-state index in [1.807, 2.05) is 0 Å². The van der Waals surface area contributed by atoms with Crippen molar-refractivity contribution in [3.63, 3.8) is 0 Å². The molecule has 2 aliphatic carbocycles. The summed E-state index contributed by atoms with van der Waals surface area (Å²) in [6.45, 7) is 4.65. The molecule has 7 rings (SSSR count). The third-order valence-electron chi connectivity index (χ3n) is 7.67. The number of aromatic nitrogens is 1. The lowest BCUT2D eigenvalue weighted by atomic mass is 9.68. The number of hydrogen-bond acceptors (Lipinski definition) is 2. The van der Waals surface area contributed by atoms with Crippen LogP contribution in [-0.2, 0) is 10.2 Å². The van der Waals surface area contributed by atoms with Crippen molar-refractivity contribution >= 4 is 21.7 Å². The zero-order valence-corrected chi connectivity index (χ0v) is 16.7. The van der Waals surface area contributed by atoms with Crippen molar-refractivity contribution in [2.24, 2.45) is 0 Å². The van der Waals surface area contributed by atoms with Gasteiger partial charge in [0.25, 0.3) is 0 Å². The predicted molar refractivity (Wildman–Crippen MR) is 113 cm³/mol. The molecule has 29 heavy (non-hydrogen) atoms. The first-order valence-corrected chi connectivity index (χ1v) is 10.3. The first kappa shape index (κ1) is 16.1. The van der Waals surface area contributed by atoms with Crippen molar-refractivity contribution in [3.8, 4) is 11.3 Å². The molecule has 1 aromatic heterocycles. The highest BCUT2D eigenvalue weighted by Gasteiger charge is 2.77. The van der Waals surface area contributed by atoms with Crippen molar-refractivity contribution in [2.45, 2.75) is 37.0 Å². The molecule has 1 N–H and O–H groups in total. The summed E-state index contributed by atoms with van der Waals surface area (Å²) >= 11 is 0. The maximum Gasteiger partial charge on any atom is 0.244 e. The van der Waals surface area contributed by atoms with Crippen LogP contribution in [0, 0.1) is 0 Å². The summed E-state index contributed by atoms with van der Waals surface area (Å²) in [5.41, 5.74) is 7.47. The van der Waals surface area contributed by atoms with Gasteiger partial charge >= 0.3 is 0 Å². The Kier molecular flexibility index (Phi) is 2.60. The third kappa shape index (κ3) is 1.60. The van der Waals surface area contributed by atoms with Gasteiger partial charge in [-0.05, 0) is 34.0 Å². The van der Waals surface area contributed by atoms with Crippen LogP contribution >= 0.6 is 0 Å². The highest BCUT2D eigenvalue weighted by molar-refractivity contribution is 6.04. The average Bonchev–Trinajstić information content (AvgIpc) is 3.37. The van der Waals surface area contributed by atoms with Crippen LogP contribution in [0.4, 0.5) is 0 Å². The summed E-state index contributed by atoms with van der Waals surface area (Å²) < 4.78 is 8.09. The van der Waals surface area contributed by atoms with Crippen molar-refractivity contribution in [2.75, 3.05) is 7.11 Å². The summed E-state index contributed by atoms with van der Waals surface area (Å²) in [6, 6.07) is 21.8. The Bertz CT molecular complexity index is 1400. The fourth-order valence-electron chi connectivity index (χ4n) is 6.21. The van der Waals surface area contributed by atoms with Crippen LogP contribution in [-0.4, -0.2) is 18.0 Å². The van der Waals surface area contributed by atoms with Gasteiger partial charge in [0.05, 0.1) is 5.56 Å². The first-order chi connectivity index (χ1) is 14.0. The fraction of sp³-hybridized carbons (Fsp3) is 0.269. The number of fused-ring (bicyclic) bond motifs is 5. The topological polar surface area (TPSA) is 33.3 Å². The Morgan fingerprint density at radius 3 is 2.55 bits per heavy atom. The Morgan fingerprint density at radius 1 is 0.931 bits per heavy atom. The van der Waals surface area contributed by atoms with E-state index in [0.717, 1.165) is 5.52 Å². The minimum absolute atomic E-state index is 0.0441. The number of rotatable bonds is 1. The quantitative estimate of drug-likeness (QED) is 0.388. The molecule has 0 radical (unpaired) electrons. The van der Waals surface area contributed by atoms with Crippen LogP contribution < -0.4 is 4.57 Å². The van der Waals surface area contributed by atoms with Crippen LogP contribution in [0.1, 0.15) is 42.5 Å². The summed E-state index contributed by atoms with van der Waals surface area (Å²) in [5, 5.41) is 15.2. The molecule has 1 saturated carbocycles. The maximum atomic E-state index is 11.4. The van der Waals surface area contributed by atoms with E-state index in [9.17, 15) is 5.11 Å². The van der Waals surface area contributed by atoms with Gasteiger partial charge in [0.15, 0.2) is 0 Å². The molecule has 1 fully saturated rings. The fourth-order valence-corrected chi connectivity index (χ4v) is 6.21. The van der Waals surface area contributed by atoms with Gasteiger partial charge in [-0.2, -0.15) is 4.57 Å². The van der Waals surface area contributed by atoms with E-state index in [1.54, 1.807) is 7.11 Å². The molecule has 3 heteroatoms.